The number of nitrogen functional groups attached to an aromatic ring is 1. The molecule has 7 nitrogen and oxygen atoms in total. The number of benzene rings is 3. The minimum absolute atomic E-state index is 0.0914. The third kappa shape index (κ3) is 3.32. The highest BCUT2D eigenvalue weighted by Crippen LogP contribution is 2.32. The topological polar surface area (TPSA) is 130 Å². The van der Waals surface area contributed by atoms with Gasteiger partial charge in [0.05, 0.1) is 0 Å². The first-order valence-corrected chi connectivity index (χ1v) is 9.01. The average Bonchev–Trinajstić information content (AvgIpc) is 2.56. The van der Waals surface area contributed by atoms with Crippen molar-refractivity contribution in [1.29, 1.82) is 0 Å². The van der Waals surface area contributed by atoms with Gasteiger partial charge >= 0.3 is 0 Å². The van der Waals surface area contributed by atoms with Crippen LogP contribution in [0.15, 0.2) is 53.4 Å². The van der Waals surface area contributed by atoms with E-state index in [0.29, 0.717) is 16.9 Å². The maximum Gasteiger partial charge on any atom is 0.295 e. The molecule has 0 bridgehead atoms. The third-order valence-corrected chi connectivity index (χ3v) is 4.94. The monoisotopic (exact) mass is 372 g/mol. The number of phenolic OH excluding ortho intramolecular Hbond substituents is 1. The van der Waals surface area contributed by atoms with Crippen molar-refractivity contribution in [2.75, 3.05) is 11.1 Å². The van der Waals surface area contributed by atoms with Crippen molar-refractivity contribution in [2.45, 2.75) is 11.8 Å². The summed E-state index contributed by atoms with van der Waals surface area (Å²) in [4.78, 5) is 12.0. The van der Waals surface area contributed by atoms with Crippen molar-refractivity contribution in [3.8, 4) is 5.75 Å². The molecule has 0 radical (unpaired) electrons. The summed E-state index contributed by atoms with van der Waals surface area (Å²) in [5, 5.41) is 12.9. The summed E-state index contributed by atoms with van der Waals surface area (Å²) in [6.07, 6.45) is 0. The molecule has 1 amide bonds. The lowest BCUT2D eigenvalue weighted by molar-refractivity contribution is 0.102. The van der Waals surface area contributed by atoms with Gasteiger partial charge in [-0.2, -0.15) is 8.42 Å². The number of anilines is 2. The number of carbonyl (C=O) groups excluding carboxylic acids is 1. The van der Waals surface area contributed by atoms with Gasteiger partial charge in [0.1, 0.15) is 10.6 Å². The van der Waals surface area contributed by atoms with E-state index in [9.17, 15) is 22.9 Å². The Morgan fingerprint density at radius 3 is 2.42 bits per heavy atom. The molecule has 0 aliphatic heterocycles. The van der Waals surface area contributed by atoms with E-state index in [0.717, 1.165) is 11.6 Å². The fourth-order valence-corrected chi connectivity index (χ4v) is 3.28. The standard InChI is InChI=1S/C18H16N2O5S/c1-10-2-3-11(8-15(10)19)18(22)20-12-4-5-13-14(9-12)17(26(23,24)25)7-6-16(13)21/h2-9,21H,19H2,1H3,(H,20,22)(H,23,24,25). The highest BCUT2D eigenvalue weighted by Gasteiger charge is 2.17. The van der Waals surface area contributed by atoms with Crippen LogP contribution in [0.1, 0.15) is 15.9 Å². The highest BCUT2D eigenvalue weighted by atomic mass is 32.2. The van der Waals surface area contributed by atoms with Gasteiger partial charge in [-0.25, -0.2) is 0 Å². The molecule has 0 unspecified atom stereocenters. The molecule has 3 aromatic rings. The Bertz CT molecular complexity index is 1140. The fourth-order valence-electron chi connectivity index (χ4n) is 2.59. The van der Waals surface area contributed by atoms with Gasteiger partial charge < -0.3 is 16.2 Å². The van der Waals surface area contributed by atoms with E-state index in [1.807, 2.05) is 6.92 Å². The SMILES string of the molecule is Cc1ccc(C(=O)Nc2ccc3c(O)ccc(S(=O)(=O)O)c3c2)cc1N. The lowest BCUT2D eigenvalue weighted by Gasteiger charge is -2.10. The molecule has 0 aliphatic carbocycles. The van der Waals surface area contributed by atoms with Gasteiger partial charge in [-0.3, -0.25) is 9.35 Å². The largest absolute Gasteiger partial charge is 0.507 e. The van der Waals surface area contributed by atoms with Crippen LogP contribution in [0.4, 0.5) is 11.4 Å². The van der Waals surface area contributed by atoms with E-state index in [1.54, 1.807) is 18.2 Å². The van der Waals surface area contributed by atoms with E-state index in [-0.39, 0.29) is 21.4 Å². The normalized spacial score (nSPS) is 11.5. The molecule has 0 heterocycles. The van der Waals surface area contributed by atoms with Crippen LogP contribution in [0, 0.1) is 6.92 Å². The number of phenols is 1. The summed E-state index contributed by atoms with van der Waals surface area (Å²) >= 11 is 0. The smallest absolute Gasteiger partial charge is 0.295 e. The summed E-state index contributed by atoms with van der Waals surface area (Å²) in [7, 11) is -4.49. The molecule has 0 saturated carbocycles. The van der Waals surface area contributed by atoms with Gasteiger partial charge in [-0.15, -0.1) is 0 Å². The van der Waals surface area contributed by atoms with Crippen LogP contribution in [-0.2, 0) is 10.1 Å². The second kappa shape index (κ2) is 6.32. The minimum atomic E-state index is -4.49. The molecule has 0 atom stereocenters. The summed E-state index contributed by atoms with van der Waals surface area (Å²) in [6, 6.07) is 11.5. The van der Waals surface area contributed by atoms with E-state index in [4.69, 9.17) is 5.73 Å². The first-order valence-electron chi connectivity index (χ1n) is 7.57. The molecule has 0 saturated heterocycles. The summed E-state index contributed by atoms with van der Waals surface area (Å²) < 4.78 is 32.5. The Kier molecular flexibility index (Phi) is 4.31. The van der Waals surface area contributed by atoms with Crippen LogP contribution in [-0.4, -0.2) is 24.0 Å². The van der Waals surface area contributed by atoms with Crippen molar-refractivity contribution >= 4 is 38.2 Å². The van der Waals surface area contributed by atoms with Crippen molar-refractivity contribution in [1.82, 2.24) is 0 Å². The van der Waals surface area contributed by atoms with Crippen LogP contribution < -0.4 is 11.1 Å². The van der Waals surface area contributed by atoms with Gasteiger partial charge in [0, 0.05) is 27.7 Å². The second-order valence-electron chi connectivity index (χ2n) is 5.84. The van der Waals surface area contributed by atoms with Crippen LogP contribution in [0.25, 0.3) is 10.8 Å². The summed E-state index contributed by atoms with van der Waals surface area (Å²) in [5.74, 6) is -0.568. The van der Waals surface area contributed by atoms with Crippen molar-refractivity contribution in [3.05, 3.63) is 59.7 Å². The zero-order valence-electron chi connectivity index (χ0n) is 13.7. The predicted molar refractivity (Wildman–Crippen MR) is 99.0 cm³/mol. The van der Waals surface area contributed by atoms with Crippen molar-refractivity contribution in [3.63, 3.8) is 0 Å². The number of fused-ring (bicyclic) bond motifs is 1. The number of carbonyl (C=O) groups is 1. The van der Waals surface area contributed by atoms with E-state index < -0.39 is 16.0 Å². The van der Waals surface area contributed by atoms with Gasteiger partial charge in [-0.05, 0) is 55.0 Å². The van der Waals surface area contributed by atoms with E-state index in [2.05, 4.69) is 5.32 Å². The van der Waals surface area contributed by atoms with Crippen molar-refractivity contribution in [2.24, 2.45) is 0 Å². The number of hydrogen-bond acceptors (Lipinski definition) is 5. The van der Waals surface area contributed by atoms with Gasteiger partial charge in [0.2, 0.25) is 0 Å². The molecule has 3 aromatic carbocycles. The molecule has 5 N–H and O–H groups in total. The molecule has 0 aromatic heterocycles. The minimum Gasteiger partial charge on any atom is -0.507 e. The Morgan fingerprint density at radius 2 is 1.77 bits per heavy atom. The second-order valence-corrected chi connectivity index (χ2v) is 7.23. The van der Waals surface area contributed by atoms with Crippen LogP contribution in [0.3, 0.4) is 0 Å². The average molecular weight is 372 g/mol. The number of hydrogen-bond donors (Lipinski definition) is 4. The third-order valence-electron chi connectivity index (χ3n) is 4.03. The highest BCUT2D eigenvalue weighted by molar-refractivity contribution is 7.86. The van der Waals surface area contributed by atoms with Crippen molar-refractivity contribution < 1.29 is 22.9 Å². The molecule has 0 fully saturated rings. The lowest BCUT2D eigenvalue weighted by atomic mass is 10.1. The molecule has 134 valence electrons. The van der Waals surface area contributed by atoms with Crippen LogP contribution >= 0.6 is 0 Å². The maximum atomic E-state index is 12.4. The lowest BCUT2D eigenvalue weighted by Crippen LogP contribution is -2.12. The first-order chi connectivity index (χ1) is 12.2. The number of amides is 1. The molecular formula is C18H16N2O5S. The van der Waals surface area contributed by atoms with Gasteiger partial charge in [0.25, 0.3) is 16.0 Å². The molecule has 8 heteroatoms. The molecule has 3 rings (SSSR count). The zero-order valence-corrected chi connectivity index (χ0v) is 14.5. The predicted octanol–water partition coefficient (Wildman–Crippen LogP) is 2.94. The molecule has 0 aliphatic rings. The molecule has 26 heavy (non-hydrogen) atoms. The quantitative estimate of drug-likeness (QED) is 0.413. The van der Waals surface area contributed by atoms with Gasteiger partial charge in [-0.1, -0.05) is 6.07 Å². The van der Waals surface area contributed by atoms with Crippen LogP contribution in [0.5, 0.6) is 5.75 Å². The number of nitrogens with two attached hydrogens (primary N) is 1. The molecular weight excluding hydrogens is 356 g/mol. The Morgan fingerprint density at radius 1 is 1.04 bits per heavy atom. The summed E-state index contributed by atoms with van der Waals surface area (Å²) in [6.45, 7) is 1.82. The maximum absolute atomic E-state index is 12.4. The number of aromatic hydroxyl groups is 1. The number of aryl methyl sites for hydroxylation is 1. The first kappa shape index (κ1) is 17.7. The van der Waals surface area contributed by atoms with E-state index in [1.165, 1.54) is 24.3 Å². The molecule has 0 spiro atoms. The summed E-state index contributed by atoms with van der Waals surface area (Å²) in [5.41, 5.74) is 7.79. The zero-order chi connectivity index (χ0) is 19.1. The Hall–Kier alpha value is -3.10. The number of nitrogens with one attached hydrogen (secondary N) is 1. The van der Waals surface area contributed by atoms with Gasteiger partial charge in [0.15, 0.2) is 0 Å². The fraction of sp³-hybridized carbons (Fsp3) is 0.0556. The van der Waals surface area contributed by atoms with Crippen LogP contribution in [0.2, 0.25) is 0 Å². The number of rotatable bonds is 3. The van der Waals surface area contributed by atoms with E-state index >= 15 is 0 Å². The Balaban J connectivity index is 2.03. The Labute approximate surface area is 149 Å².